The number of aromatic hydroxyl groups is 1. The standard InChI is InChI=1S/C23H25N5O3/c1-14(2)20(13-31-4)27-22(29)17-6-8-21(25-11-17)28-23(30)19(12-26-28)18-7-5-16(10-24)9-15(18)3/h5-9,11-12,14,20,30H,13H2,1-4H3,(H,27,29)/t20-/m1/s1. The van der Waals surface area contributed by atoms with Crippen LogP contribution in [0.1, 0.15) is 35.3 Å². The Balaban J connectivity index is 1.82. The summed E-state index contributed by atoms with van der Waals surface area (Å²) in [5, 5.41) is 26.9. The number of nitrogens with zero attached hydrogens (tertiary/aromatic N) is 4. The van der Waals surface area contributed by atoms with Gasteiger partial charge in [-0.1, -0.05) is 19.9 Å². The lowest BCUT2D eigenvalue weighted by Crippen LogP contribution is -2.41. The Morgan fingerprint density at radius 2 is 2.03 bits per heavy atom. The lowest BCUT2D eigenvalue weighted by Gasteiger charge is -2.21. The Bertz CT molecular complexity index is 1110. The van der Waals surface area contributed by atoms with Crippen LogP contribution in [0.5, 0.6) is 5.88 Å². The fourth-order valence-corrected chi connectivity index (χ4v) is 3.21. The van der Waals surface area contributed by atoms with Crippen LogP contribution in [-0.2, 0) is 4.74 Å². The van der Waals surface area contributed by atoms with E-state index in [0.717, 1.165) is 11.1 Å². The first-order valence-electron chi connectivity index (χ1n) is 9.90. The van der Waals surface area contributed by atoms with Crippen LogP contribution in [0.2, 0.25) is 0 Å². The number of ether oxygens (including phenoxy) is 1. The Labute approximate surface area is 181 Å². The molecular formula is C23H25N5O3. The molecule has 0 radical (unpaired) electrons. The van der Waals surface area contributed by atoms with Gasteiger partial charge in [-0.2, -0.15) is 15.0 Å². The van der Waals surface area contributed by atoms with Crippen LogP contribution in [0.4, 0.5) is 0 Å². The van der Waals surface area contributed by atoms with Gasteiger partial charge in [0.2, 0.25) is 5.88 Å². The molecule has 160 valence electrons. The van der Waals surface area contributed by atoms with Gasteiger partial charge < -0.3 is 15.2 Å². The molecule has 0 saturated heterocycles. The van der Waals surface area contributed by atoms with Gasteiger partial charge in [0.25, 0.3) is 5.91 Å². The number of nitrogens with one attached hydrogen (secondary N) is 1. The molecule has 0 unspecified atom stereocenters. The minimum absolute atomic E-state index is 0.0718. The number of carbonyl (C=O) groups is 1. The largest absolute Gasteiger partial charge is 0.493 e. The zero-order chi connectivity index (χ0) is 22.5. The monoisotopic (exact) mass is 419 g/mol. The van der Waals surface area contributed by atoms with Gasteiger partial charge >= 0.3 is 0 Å². The van der Waals surface area contributed by atoms with Gasteiger partial charge in [0, 0.05) is 13.3 Å². The van der Waals surface area contributed by atoms with Crippen molar-refractivity contribution in [3.8, 4) is 28.9 Å². The SMILES string of the molecule is COC[C@@H](NC(=O)c1ccc(-n2ncc(-c3ccc(C#N)cc3C)c2O)nc1)C(C)C. The highest BCUT2D eigenvalue weighted by Crippen LogP contribution is 2.33. The number of pyridine rings is 1. The van der Waals surface area contributed by atoms with Gasteiger partial charge in [0.05, 0.1) is 41.6 Å². The first kappa shape index (κ1) is 22.0. The number of carbonyl (C=O) groups excluding carboxylic acids is 1. The molecule has 0 aliphatic carbocycles. The molecule has 1 atom stereocenters. The van der Waals surface area contributed by atoms with Gasteiger partial charge in [-0.25, -0.2) is 4.98 Å². The van der Waals surface area contributed by atoms with Crippen molar-refractivity contribution in [1.82, 2.24) is 20.1 Å². The molecule has 2 aromatic heterocycles. The first-order valence-corrected chi connectivity index (χ1v) is 9.90. The third kappa shape index (κ3) is 4.73. The molecule has 0 aliphatic heterocycles. The molecule has 0 aliphatic rings. The number of amides is 1. The zero-order valence-corrected chi connectivity index (χ0v) is 18.0. The van der Waals surface area contributed by atoms with Crippen molar-refractivity contribution in [2.24, 2.45) is 5.92 Å². The minimum Gasteiger partial charge on any atom is -0.493 e. The average molecular weight is 419 g/mol. The van der Waals surface area contributed by atoms with Gasteiger partial charge in [-0.15, -0.1) is 0 Å². The summed E-state index contributed by atoms with van der Waals surface area (Å²) in [4.78, 5) is 16.8. The number of rotatable bonds is 7. The summed E-state index contributed by atoms with van der Waals surface area (Å²) in [7, 11) is 1.60. The molecule has 2 N–H and O–H groups in total. The molecule has 1 amide bonds. The van der Waals surface area contributed by atoms with E-state index in [9.17, 15) is 9.90 Å². The molecule has 31 heavy (non-hydrogen) atoms. The van der Waals surface area contributed by atoms with E-state index in [1.165, 1.54) is 10.9 Å². The minimum atomic E-state index is -0.242. The molecule has 2 heterocycles. The summed E-state index contributed by atoms with van der Waals surface area (Å²) >= 11 is 0. The van der Waals surface area contributed by atoms with Crippen LogP contribution >= 0.6 is 0 Å². The number of benzene rings is 1. The maximum atomic E-state index is 12.5. The quantitative estimate of drug-likeness (QED) is 0.608. The lowest BCUT2D eigenvalue weighted by atomic mass is 10.0. The van der Waals surface area contributed by atoms with Crippen molar-refractivity contribution in [1.29, 1.82) is 5.26 Å². The van der Waals surface area contributed by atoms with Gasteiger partial charge in [-0.05, 0) is 48.2 Å². The first-order chi connectivity index (χ1) is 14.8. The Hall–Kier alpha value is -3.70. The van der Waals surface area contributed by atoms with Crippen LogP contribution in [-0.4, -0.2) is 45.5 Å². The fourth-order valence-electron chi connectivity index (χ4n) is 3.21. The summed E-state index contributed by atoms with van der Waals surface area (Å²) < 4.78 is 6.47. The lowest BCUT2D eigenvalue weighted by molar-refractivity contribution is 0.0866. The van der Waals surface area contributed by atoms with Gasteiger partial charge in [0.15, 0.2) is 5.82 Å². The van der Waals surface area contributed by atoms with Crippen molar-refractivity contribution in [2.75, 3.05) is 13.7 Å². The Kier molecular flexibility index (Phi) is 6.68. The van der Waals surface area contributed by atoms with Gasteiger partial charge in [0.1, 0.15) is 0 Å². The number of nitriles is 1. The van der Waals surface area contributed by atoms with Crippen LogP contribution < -0.4 is 5.32 Å². The van der Waals surface area contributed by atoms with E-state index in [2.05, 4.69) is 21.5 Å². The number of hydrogen-bond donors (Lipinski definition) is 2. The molecule has 3 rings (SSSR count). The predicted molar refractivity (Wildman–Crippen MR) is 116 cm³/mol. The summed E-state index contributed by atoms with van der Waals surface area (Å²) in [6, 6.07) is 10.5. The molecule has 8 nitrogen and oxygen atoms in total. The fraction of sp³-hybridized carbons (Fsp3) is 0.304. The van der Waals surface area contributed by atoms with E-state index in [1.807, 2.05) is 20.8 Å². The number of aryl methyl sites for hydroxylation is 1. The van der Waals surface area contributed by atoms with Crippen molar-refractivity contribution in [2.45, 2.75) is 26.8 Å². The smallest absolute Gasteiger partial charge is 0.253 e. The molecular weight excluding hydrogens is 394 g/mol. The van der Waals surface area contributed by atoms with E-state index >= 15 is 0 Å². The number of methoxy groups -OCH3 is 1. The van der Waals surface area contributed by atoms with E-state index in [4.69, 9.17) is 10.00 Å². The maximum Gasteiger partial charge on any atom is 0.253 e. The number of aromatic nitrogens is 3. The van der Waals surface area contributed by atoms with E-state index in [-0.39, 0.29) is 23.7 Å². The zero-order valence-electron chi connectivity index (χ0n) is 18.0. The highest BCUT2D eigenvalue weighted by Gasteiger charge is 2.19. The summed E-state index contributed by atoms with van der Waals surface area (Å²) in [5.41, 5.74) is 3.11. The Morgan fingerprint density at radius 1 is 1.26 bits per heavy atom. The average Bonchev–Trinajstić information content (AvgIpc) is 3.14. The number of hydrogen-bond acceptors (Lipinski definition) is 6. The highest BCUT2D eigenvalue weighted by atomic mass is 16.5. The second-order valence-electron chi connectivity index (χ2n) is 7.62. The molecule has 0 saturated carbocycles. The van der Waals surface area contributed by atoms with Crippen LogP contribution in [0.25, 0.3) is 16.9 Å². The molecule has 0 bridgehead atoms. The summed E-state index contributed by atoms with van der Waals surface area (Å²) in [6.07, 6.45) is 2.99. The third-order valence-corrected chi connectivity index (χ3v) is 5.08. The van der Waals surface area contributed by atoms with E-state index in [1.54, 1.807) is 43.6 Å². The molecule has 0 spiro atoms. The van der Waals surface area contributed by atoms with Crippen LogP contribution in [0, 0.1) is 24.2 Å². The van der Waals surface area contributed by atoms with Crippen molar-refractivity contribution in [3.63, 3.8) is 0 Å². The van der Waals surface area contributed by atoms with Crippen molar-refractivity contribution in [3.05, 3.63) is 59.4 Å². The summed E-state index contributed by atoms with van der Waals surface area (Å²) in [5.74, 6) is 0.288. The van der Waals surface area contributed by atoms with Crippen molar-refractivity contribution >= 4 is 5.91 Å². The summed E-state index contributed by atoms with van der Waals surface area (Å²) in [6.45, 7) is 6.32. The highest BCUT2D eigenvalue weighted by molar-refractivity contribution is 5.94. The second-order valence-corrected chi connectivity index (χ2v) is 7.62. The predicted octanol–water partition coefficient (Wildman–Crippen LogP) is 3.22. The maximum absolute atomic E-state index is 12.5. The van der Waals surface area contributed by atoms with E-state index in [0.29, 0.717) is 29.1 Å². The topological polar surface area (TPSA) is 113 Å². The second kappa shape index (κ2) is 9.41. The molecule has 3 aromatic rings. The normalized spacial score (nSPS) is 11.9. The van der Waals surface area contributed by atoms with Gasteiger partial charge in [-0.3, -0.25) is 4.79 Å². The molecule has 1 aromatic carbocycles. The van der Waals surface area contributed by atoms with Crippen molar-refractivity contribution < 1.29 is 14.6 Å². The van der Waals surface area contributed by atoms with Crippen LogP contribution in [0.3, 0.4) is 0 Å². The molecule has 8 heteroatoms. The third-order valence-electron chi connectivity index (χ3n) is 5.08. The van der Waals surface area contributed by atoms with Crippen LogP contribution in [0.15, 0.2) is 42.7 Å². The Morgan fingerprint density at radius 3 is 2.61 bits per heavy atom. The molecule has 0 fully saturated rings. The van der Waals surface area contributed by atoms with E-state index < -0.39 is 0 Å².